The molecule has 70 valence electrons. The second-order valence-electron chi connectivity index (χ2n) is 3.40. The lowest BCUT2D eigenvalue weighted by molar-refractivity contribution is 0.831. The lowest BCUT2D eigenvalue weighted by Gasteiger charge is -2.04. The van der Waals surface area contributed by atoms with Gasteiger partial charge in [-0.15, -0.1) is 0 Å². The van der Waals surface area contributed by atoms with Crippen LogP contribution in [0.15, 0.2) is 23.0 Å². The Morgan fingerprint density at radius 1 is 1.42 bits per heavy atom. The Morgan fingerprint density at radius 2 is 2.00 bits per heavy atom. The zero-order valence-electron chi connectivity index (χ0n) is 8.94. The molecule has 0 bridgehead atoms. The Kier molecular flexibility index (Phi) is 6.38. The van der Waals surface area contributed by atoms with Gasteiger partial charge in [0.2, 0.25) is 0 Å². The number of rotatable bonds is 4. The highest BCUT2D eigenvalue weighted by Crippen LogP contribution is 2.26. The summed E-state index contributed by atoms with van der Waals surface area (Å²) in [5.74, 6) is 0.668. The molecule has 0 nitrogen and oxygen atoms in total. The van der Waals surface area contributed by atoms with E-state index in [-0.39, 0.29) is 0 Å². The lowest BCUT2D eigenvalue weighted by Crippen LogP contribution is -1.81. The molecule has 0 N–H and O–H groups in total. The molecule has 0 aromatic rings. The Hall–Kier alpha value is -0.0900. The van der Waals surface area contributed by atoms with Crippen LogP contribution < -0.4 is 0 Å². The topological polar surface area (TPSA) is 0 Å². The van der Waals surface area contributed by atoms with E-state index < -0.39 is 0 Å². The lowest BCUT2D eigenvalue weighted by atomic mass is 10.1. The van der Waals surface area contributed by atoms with Crippen molar-refractivity contribution < 1.29 is 0 Å². The second-order valence-corrected chi connectivity index (χ2v) is 4.44. The first kappa shape index (κ1) is 11.9. The molecule has 0 spiro atoms. The molecule has 0 saturated carbocycles. The maximum absolute atomic E-state index is 2.29. The molecule has 0 amide bonds. The molecule has 0 aromatic carbocycles. The predicted molar refractivity (Wildman–Crippen MR) is 61.2 cm³/mol. The molecule has 0 heterocycles. The fraction of sp³-hybridized carbons (Fsp3) is 0.636. The monoisotopic (exact) mass is 184 g/mol. The molecule has 0 aromatic heterocycles. The molecule has 0 saturated heterocycles. The van der Waals surface area contributed by atoms with Gasteiger partial charge in [-0.1, -0.05) is 47.1 Å². The van der Waals surface area contributed by atoms with Gasteiger partial charge < -0.3 is 0 Å². The van der Waals surface area contributed by atoms with Gasteiger partial charge in [-0.05, 0) is 31.2 Å². The van der Waals surface area contributed by atoms with Gasteiger partial charge in [-0.2, -0.15) is 0 Å². The van der Waals surface area contributed by atoms with Crippen LogP contribution >= 0.6 is 8.58 Å². The fourth-order valence-electron chi connectivity index (χ4n) is 0.918. The summed E-state index contributed by atoms with van der Waals surface area (Å²) in [4.78, 5) is 0. The van der Waals surface area contributed by atoms with Crippen molar-refractivity contribution in [1.82, 2.24) is 0 Å². The normalized spacial score (nSPS) is 15.2. The van der Waals surface area contributed by atoms with E-state index in [9.17, 15) is 0 Å². The van der Waals surface area contributed by atoms with E-state index >= 15 is 0 Å². The highest BCUT2D eigenvalue weighted by Gasteiger charge is 1.94. The van der Waals surface area contributed by atoms with Gasteiger partial charge in [0.05, 0.1) is 0 Å². The largest absolute Gasteiger partial charge is 0.0937 e. The number of allylic oxidation sites excluding steroid dienone is 4. The minimum atomic E-state index is 0.668. The van der Waals surface area contributed by atoms with E-state index in [2.05, 4.69) is 46.5 Å². The minimum Gasteiger partial charge on any atom is -0.0937 e. The van der Waals surface area contributed by atoms with Crippen molar-refractivity contribution in [3.63, 3.8) is 0 Å². The summed E-state index contributed by atoms with van der Waals surface area (Å²) in [6, 6.07) is 0. The molecule has 0 aliphatic heterocycles. The van der Waals surface area contributed by atoms with Gasteiger partial charge >= 0.3 is 0 Å². The van der Waals surface area contributed by atoms with Crippen molar-refractivity contribution >= 4 is 8.58 Å². The first-order chi connectivity index (χ1) is 5.61. The van der Waals surface area contributed by atoms with E-state index in [0.717, 1.165) is 8.58 Å². The Bertz CT molecular complexity index is 175. The molecule has 1 unspecified atom stereocenters. The van der Waals surface area contributed by atoms with Gasteiger partial charge in [0.1, 0.15) is 0 Å². The molecule has 0 radical (unpaired) electrons. The summed E-state index contributed by atoms with van der Waals surface area (Å²) < 4.78 is 0. The average Bonchev–Trinajstić information content (AvgIpc) is 2.04. The first-order valence-electron chi connectivity index (χ1n) is 4.67. The van der Waals surface area contributed by atoms with Crippen molar-refractivity contribution in [1.29, 1.82) is 0 Å². The van der Waals surface area contributed by atoms with Gasteiger partial charge in [0.25, 0.3) is 0 Å². The van der Waals surface area contributed by atoms with Crippen LogP contribution in [0.1, 0.15) is 34.1 Å². The molecule has 0 aliphatic carbocycles. The van der Waals surface area contributed by atoms with Crippen LogP contribution in [0.2, 0.25) is 0 Å². The summed E-state index contributed by atoms with van der Waals surface area (Å²) >= 11 is 0. The summed E-state index contributed by atoms with van der Waals surface area (Å²) in [6.45, 7) is 11.1. The van der Waals surface area contributed by atoms with Crippen LogP contribution in [-0.4, -0.2) is 6.66 Å². The van der Waals surface area contributed by atoms with Crippen molar-refractivity contribution in [2.45, 2.75) is 34.1 Å². The maximum Gasteiger partial charge on any atom is -0.0287 e. The molecule has 0 aliphatic rings. The third-order valence-electron chi connectivity index (χ3n) is 1.91. The Morgan fingerprint density at radius 3 is 2.33 bits per heavy atom. The van der Waals surface area contributed by atoms with Crippen molar-refractivity contribution in [3.8, 4) is 0 Å². The molecule has 1 heteroatoms. The Balaban J connectivity index is 4.36. The van der Waals surface area contributed by atoms with Crippen LogP contribution in [0.3, 0.4) is 0 Å². The highest BCUT2D eigenvalue weighted by molar-refractivity contribution is 7.42. The summed E-state index contributed by atoms with van der Waals surface area (Å²) in [6.07, 6.45) is 5.76. The van der Waals surface area contributed by atoms with Crippen LogP contribution in [0.25, 0.3) is 0 Å². The van der Waals surface area contributed by atoms with Crippen LogP contribution in [-0.2, 0) is 0 Å². The molecule has 12 heavy (non-hydrogen) atoms. The summed E-state index contributed by atoms with van der Waals surface area (Å²) in [5.41, 5.74) is 1.53. The summed E-state index contributed by atoms with van der Waals surface area (Å²) in [5, 5.41) is 1.53. The van der Waals surface area contributed by atoms with Crippen LogP contribution in [0, 0.1) is 5.92 Å². The molecule has 0 fully saturated rings. The third-order valence-corrected chi connectivity index (χ3v) is 3.04. The molecular formula is C11H21P. The second kappa shape index (κ2) is 6.43. The van der Waals surface area contributed by atoms with Crippen molar-refractivity contribution in [2.75, 3.05) is 6.66 Å². The maximum atomic E-state index is 2.29. The number of hydrogen-bond donors (Lipinski definition) is 0. The van der Waals surface area contributed by atoms with Gasteiger partial charge in [0.15, 0.2) is 0 Å². The number of hydrogen-bond acceptors (Lipinski definition) is 0. The van der Waals surface area contributed by atoms with E-state index in [1.54, 1.807) is 0 Å². The van der Waals surface area contributed by atoms with Crippen molar-refractivity contribution in [2.24, 2.45) is 5.92 Å². The van der Waals surface area contributed by atoms with Gasteiger partial charge in [-0.25, -0.2) is 0 Å². The van der Waals surface area contributed by atoms with Gasteiger partial charge in [0, 0.05) is 0 Å². The van der Waals surface area contributed by atoms with E-state index in [1.165, 1.54) is 17.3 Å². The molecule has 1 atom stereocenters. The van der Waals surface area contributed by atoms with E-state index in [0.29, 0.717) is 5.92 Å². The smallest absolute Gasteiger partial charge is 0.0287 e. The standard InChI is InChI=1S/C11H21P/c1-6-10(4)11(12-5)8-7-9(2)3/h7-9,12H,6H2,1-5H3/b8-7-,11-10-. The van der Waals surface area contributed by atoms with Crippen molar-refractivity contribution in [3.05, 3.63) is 23.0 Å². The zero-order valence-corrected chi connectivity index (χ0v) is 9.94. The van der Waals surface area contributed by atoms with Crippen LogP contribution in [0.5, 0.6) is 0 Å². The highest BCUT2D eigenvalue weighted by atomic mass is 31.1. The predicted octanol–water partition coefficient (Wildman–Crippen LogP) is 4.19. The third kappa shape index (κ3) is 4.72. The van der Waals surface area contributed by atoms with E-state index in [4.69, 9.17) is 0 Å². The summed E-state index contributed by atoms with van der Waals surface area (Å²) in [7, 11) is 0.928. The Labute approximate surface area is 78.9 Å². The fourth-order valence-corrected chi connectivity index (χ4v) is 1.78. The van der Waals surface area contributed by atoms with Gasteiger partial charge in [-0.3, -0.25) is 0 Å². The SMILES string of the molecule is CC/C(C)=C(/C=C\C(C)C)PC. The molecular weight excluding hydrogens is 163 g/mol. The first-order valence-corrected chi connectivity index (χ1v) is 6.17. The molecule has 0 rings (SSSR count). The van der Waals surface area contributed by atoms with E-state index in [1.807, 2.05) is 0 Å². The minimum absolute atomic E-state index is 0.668. The zero-order chi connectivity index (χ0) is 9.56. The average molecular weight is 184 g/mol. The van der Waals surface area contributed by atoms with Crippen LogP contribution in [0.4, 0.5) is 0 Å². The quantitative estimate of drug-likeness (QED) is 0.454.